The summed E-state index contributed by atoms with van der Waals surface area (Å²) in [6.45, 7) is 5.14. The van der Waals surface area contributed by atoms with E-state index in [0.717, 1.165) is 4.47 Å². The van der Waals surface area contributed by atoms with Crippen LogP contribution in [0.4, 0.5) is 5.69 Å². The topological polar surface area (TPSA) is 121 Å². The zero-order chi connectivity index (χ0) is 22.6. The van der Waals surface area contributed by atoms with Crippen molar-refractivity contribution in [2.24, 2.45) is 0 Å². The van der Waals surface area contributed by atoms with Crippen molar-refractivity contribution < 1.29 is 21.6 Å². The first-order valence-electron chi connectivity index (χ1n) is 8.98. The number of rotatable bonds is 8. The summed E-state index contributed by atoms with van der Waals surface area (Å²) >= 11 is 3.24. The highest BCUT2D eigenvalue weighted by molar-refractivity contribution is 9.10. The third-order valence-corrected chi connectivity index (χ3v) is 7.44. The lowest BCUT2D eigenvalue weighted by Gasteiger charge is -2.20. The van der Waals surface area contributed by atoms with Crippen molar-refractivity contribution in [2.75, 3.05) is 11.9 Å². The Morgan fingerprint density at radius 1 is 0.867 bits per heavy atom. The Balaban J connectivity index is 1.90. The molecule has 0 spiro atoms. The number of benzene rings is 2. The first-order valence-corrected chi connectivity index (χ1v) is 12.7. The van der Waals surface area contributed by atoms with E-state index in [1.807, 2.05) is 0 Å². The van der Waals surface area contributed by atoms with Gasteiger partial charge in [0.2, 0.25) is 26.0 Å². The molecule has 0 aromatic heterocycles. The number of anilines is 1. The highest BCUT2D eigenvalue weighted by Crippen LogP contribution is 2.17. The number of amides is 1. The maximum Gasteiger partial charge on any atom is 0.241 e. The largest absolute Gasteiger partial charge is 0.326 e. The minimum Gasteiger partial charge on any atom is -0.326 e. The van der Waals surface area contributed by atoms with Crippen LogP contribution >= 0.6 is 15.9 Å². The Hall–Kier alpha value is -1.79. The van der Waals surface area contributed by atoms with Crippen LogP contribution in [-0.2, 0) is 24.8 Å². The highest BCUT2D eigenvalue weighted by atomic mass is 79.9. The van der Waals surface area contributed by atoms with Crippen LogP contribution in [0.15, 0.2) is 62.8 Å². The minimum absolute atomic E-state index is 0.0772. The van der Waals surface area contributed by atoms with Gasteiger partial charge >= 0.3 is 0 Å². The molecule has 2 aromatic carbocycles. The lowest BCUT2D eigenvalue weighted by molar-refractivity contribution is -0.116. The number of carbonyl (C=O) groups is 1. The quantitative estimate of drug-likeness (QED) is 0.496. The number of hydrogen-bond acceptors (Lipinski definition) is 5. The van der Waals surface area contributed by atoms with Gasteiger partial charge in [-0.1, -0.05) is 15.9 Å². The molecule has 3 N–H and O–H groups in total. The van der Waals surface area contributed by atoms with Crippen molar-refractivity contribution in [3.63, 3.8) is 0 Å². The Morgan fingerprint density at radius 2 is 1.37 bits per heavy atom. The lowest BCUT2D eigenvalue weighted by Crippen LogP contribution is -2.40. The van der Waals surface area contributed by atoms with E-state index in [0.29, 0.717) is 5.69 Å². The summed E-state index contributed by atoms with van der Waals surface area (Å²) < 4.78 is 54.6. The molecule has 0 saturated carbocycles. The minimum atomic E-state index is -3.71. The van der Waals surface area contributed by atoms with Crippen molar-refractivity contribution in [1.82, 2.24) is 9.44 Å². The van der Waals surface area contributed by atoms with Crippen molar-refractivity contribution in [3.05, 3.63) is 53.0 Å². The fraction of sp³-hybridized carbons (Fsp3) is 0.316. The van der Waals surface area contributed by atoms with Gasteiger partial charge in [0.25, 0.3) is 0 Å². The fourth-order valence-corrected chi connectivity index (χ4v) is 5.11. The molecule has 0 bridgehead atoms. The van der Waals surface area contributed by atoms with E-state index in [-0.39, 0.29) is 22.8 Å². The van der Waals surface area contributed by atoms with Crippen molar-refractivity contribution in [3.8, 4) is 0 Å². The molecule has 30 heavy (non-hydrogen) atoms. The summed E-state index contributed by atoms with van der Waals surface area (Å²) in [4.78, 5) is 12.3. The number of carbonyl (C=O) groups excluding carboxylic acids is 1. The van der Waals surface area contributed by atoms with Crippen LogP contribution in [0.3, 0.4) is 0 Å². The normalized spacial score (nSPS) is 12.5. The SMILES string of the molecule is CC(C)(C)NS(=O)(=O)c1ccc(NC(=O)CCNS(=O)(=O)c2ccc(Br)cc2)cc1. The smallest absolute Gasteiger partial charge is 0.241 e. The zero-order valence-electron chi connectivity index (χ0n) is 16.8. The van der Waals surface area contributed by atoms with E-state index >= 15 is 0 Å². The first-order chi connectivity index (χ1) is 13.8. The maximum absolute atomic E-state index is 12.3. The Kier molecular flexibility index (Phi) is 7.80. The van der Waals surface area contributed by atoms with Gasteiger partial charge in [-0.05, 0) is 69.3 Å². The van der Waals surface area contributed by atoms with Crippen LogP contribution in [0.2, 0.25) is 0 Å². The molecule has 0 aliphatic heterocycles. The van der Waals surface area contributed by atoms with E-state index in [9.17, 15) is 21.6 Å². The van der Waals surface area contributed by atoms with Gasteiger partial charge in [-0.15, -0.1) is 0 Å². The highest BCUT2D eigenvalue weighted by Gasteiger charge is 2.22. The van der Waals surface area contributed by atoms with Gasteiger partial charge in [0, 0.05) is 28.7 Å². The second-order valence-corrected chi connectivity index (χ2v) is 11.9. The summed E-state index contributed by atoms with van der Waals surface area (Å²) in [5.41, 5.74) is -0.208. The Bertz CT molecular complexity index is 1090. The summed E-state index contributed by atoms with van der Waals surface area (Å²) in [6, 6.07) is 11.9. The third-order valence-electron chi connectivity index (χ3n) is 3.66. The third kappa shape index (κ3) is 7.47. The number of hydrogen-bond donors (Lipinski definition) is 3. The molecule has 0 saturated heterocycles. The summed E-state index contributed by atoms with van der Waals surface area (Å²) in [7, 11) is -7.37. The predicted octanol–water partition coefficient (Wildman–Crippen LogP) is 2.83. The zero-order valence-corrected chi connectivity index (χ0v) is 20.0. The van der Waals surface area contributed by atoms with E-state index < -0.39 is 31.5 Å². The van der Waals surface area contributed by atoms with Crippen LogP contribution < -0.4 is 14.8 Å². The number of halogens is 1. The maximum atomic E-state index is 12.3. The van der Waals surface area contributed by atoms with Crippen molar-refractivity contribution in [2.45, 2.75) is 42.5 Å². The standard InChI is InChI=1S/C19H24BrN3O5S2/c1-19(2,3)23-30(27,28)17-10-6-15(7-11-17)22-18(24)12-13-21-29(25,26)16-8-4-14(20)5-9-16/h4-11,21,23H,12-13H2,1-3H3,(H,22,24). The van der Waals surface area contributed by atoms with Crippen LogP contribution in [0.25, 0.3) is 0 Å². The van der Waals surface area contributed by atoms with E-state index in [1.165, 1.54) is 36.4 Å². The van der Waals surface area contributed by atoms with Gasteiger partial charge in [0.15, 0.2) is 0 Å². The molecule has 0 radical (unpaired) electrons. The molecule has 1 amide bonds. The van der Waals surface area contributed by atoms with Gasteiger partial charge in [-0.3, -0.25) is 4.79 Å². The van der Waals surface area contributed by atoms with E-state index in [4.69, 9.17) is 0 Å². The van der Waals surface area contributed by atoms with Crippen LogP contribution in [0.5, 0.6) is 0 Å². The van der Waals surface area contributed by atoms with Crippen LogP contribution in [-0.4, -0.2) is 34.8 Å². The summed E-state index contributed by atoms with van der Waals surface area (Å²) in [5, 5.41) is 2.61. The molecule has 0 atom stereocenters. The van der Waals surface area contributed by atoms with Gasteiger partial charge in [0.05, 0.1) is 9.79 Å². The summed E-state index contributed by atoms with van der Waals surface area (Å²) in [6.07, 6.45) is -0.0820. The molecule has 2 aromatic rings. The fourth-order valence-electron chi connectivity index (χ4n) is 2.40. The molecule has 0 aliphatic carbocycles. The molecule has 8 nitrogen and oxygen atoms in total. The second kappa shape index (κ2) is 9.56. The molecule has 2 rings (SSSR count). The molecule has 0 heterocycles. The van der Waals surface area contributed by atoms with E-state index in [1.54, 1.807) is 32.9 Å². The predicted molar refractivity (Wildman–Crippen MR) is 119 cm³/mol. The van der Waals surface area contributed by atoms with Gasteiger partial charge < -0.3 is 5.32 Å². The number of sulfonamides is 2. The molecule has 0 unspecified atom stereocenters. The number of nitrogens with one attached hydrogen (secondary N) is 3. The van der Waals surface area contributed by atoms with Crippen molar-refractivity contribution >= 4 is 47.6 Å². The molecule has 0 fully saturated rings. The first kappa shape index (κ1) is 24.5. The average Bonchev–Trinajstić information content (AvgIpc) is 2.60. The van der Waals surface area contributed by atoms with Crippen molar-refractivity contribution in [1.29, 1.82) is 0 Å². The van der Waals surface area contributed by atoms with Gasteiger partial charge in [-0.2, -0.15) is 0 Å². The monoisotopic (exact) mass is 517 g/mol. The average molecular weight is 518 g/mol. The molecular formula is C19H24BrN3O5S2. The van der Waals surface area contributed by atoms with Crippen LogP contribution in [0.1, 0.15) is 27.2 Å². The molecule has 164 valence electrons. The Labute approximate surface area is 185 Å². The Morgan fingerprint density at radius 3 is 1.90 bits per heavy atom. The van der Waals surface area contributed by atoms with Gasteiger partial charge in [-0.25, -0.2) is 26.3 Å². The summed E-state index contributed by atoms with van der Waals surface area (Å²) in [5.74, 6) is -0.406. The molecule has 11 heteroatoms. The van der Waals surface area contributed by atoms with E-state index in [2.05, 4.69) is 30.7 Å². The second-order valence-electron chi connectivity index (χ2n) is 7.53. The lowest BCUT2D eigenvalue weighted by atomic mass is 10.1. The van der Waals surface area contributed by atoms with Gasteiger partial charge in [0.1, 0.15) is 0 Å². The molecular weight excluding hydrogens is 494 g/mol. The molecule has 0 aliphatic rings. The van der Waals surface area contributed by atoms with Crippen LogP contribution in [0, 0.1) is 0 Å².